The molecule has 0 aliphatic rings. The normalized spacial score (nSPS) is 11.1. The SMILES string of the molecule is Fc1cccc(-n2c(CCl)nc3ccc(Br)cc32)c1. The lowest BCUT2D eigenvalue weighted by molar-refractivity contribution is 0.626. The average molecular weight is 340 g/mol. The predicted molar refractivity (Wildman–Crippen MR) is 78.3 cm³/mol. The maximum Gasteiger partial charge on any atom is 0.129 e. The Morgan fingerprint density at radius 1 is 1.21 bits per heavy atom. The molecule has 3 rings (SSSR count). The highest BCUT2D eigenvalue weighted by Crippen LogP contribution is 2.25. The molecule has 0 aliphatic carbocycles. The fourth-order valence-corrected chi connectivity index (χ4v) is 2.62. The highest BCUT2D eigenvalue weighted by atomic mass is 79.9. The Kier molecular flexibility index (Phi) is 3.29. The number of aromatic nitrogens is 2. The Balaban J connectivity index is 2.34. The molecule has 0 spiro atoms. The number of benzene rings is 2. The zero-order valence-corrected chi connectivity index (χ0v) is 12.1. The summed E-state index contributed by atoms with van der Waals surface area (Å²) in [5.41, 5.74) is 2.45. The van der Waals surface area contributed by atoms with Crippen LogP contribution in [-0.2, 0) is 5.88 Å². The summed E-state index contributed by atoms with van der Waals surface area (Å²) in [6.07, 6.45) is 0. The molecule has 0 atom stereocenters. The molecule has 0 amide bonds. The van der Waals surface area contributed by atoms with Gasteiger partial charge in [-0.1, -0.05) is 22.0 Å². The third-order valence-corrected chi connectivity index (χ3v) is 3.60. The third-order valence-electron chi connectivity index (χ3n) is 2.87. The van der Waals surface area contributed by atoms with Crippen LogP contribution in [0.2, 0.25) is 0 Å². The van der Waals surface area contributed by atoms with Crippen LogP contribution in [0, 0.1) is 5.82 Å². The predicted octanol–water partition coefficient (Wildman–Crippen LogP) is 4.67. The minimum absolute atomic E-state index is 0.267. The van der Waals surface area contributed by atoms with Gasteiger partial charge in [0.2, 0.25) is 0 Å². The summed E-state index contributed by atoms with van der Waals surface area (Å²) in [6, 6.07) is 12.2. The van der Waals surface area contributed by atoms with E-state index in [0.29, 0.717) is 5.82 Å². The van der Waals surface area contributed by atoms with Gasteiger partial charge in [0.05, 0.1) is 22.6 Å². The topological polar surface area (TPSA) is 17.8 Å². The van der Waals surface area contributed by atoms with E-state index in [0.717, 1.165) is 21.2 Å². The largest absolute Gasteiger partial charge is 0.295 e. The van der Waals surface area contributed by atoms with Gasteiger partial charge in [0, 0.05) is 4.47 Å². The molecular formula is C14H9BrClFN2. The van der Waals surface area contributed by atoms with Crippen LogP contribution in [-0.4, -0.2) is 9.55 Å². The van der Waals surface area contributed by atoms with Crippen LogP contribution >= 0.6 is 27.5 Å². The van der Waals surface area contributed by atoms with E-state index in [1.165, 1.54) is 12.1 Å². The summed E-state index contributed by atoms with van der Waals surface area (Å²) < 4.78 is 16.2. The Labute approximate surface area is 123 Å². The minimum Gasteiger partial charge on any atom is -0.295 e. The van der Waals surface area contributed by atoms with Gasteiger partial charge in [0.15, 0.2) is 0 Å². The second-order valence-corrected chi connectivity index (χ2v) is 5.29. The summed E-state index contributed by atoms with van der Waals surface area (Å²) in [6.45, 7) is 0. The van der Waals surface area contributed by atoms with Crippen LogP contribution in [0.15, 0.2) is 46.9 Å². The van der Waals surface area contributed by atoms with E-state index in [-0.39, 0.29) is 11.7 Å². The van der Waals surface area contributed by atoms with Crippen LogP contribution < -0.4 is 0 Å². The summed E-state index contributed by atoms with van der Waals surface area (Å²) >= 11 is 9.38. The van der Waals surface area contributed by atoms with Gasteiger partial charge in [-0.15, -0.1) is 11.6 Å². The van der Waals surface area contributed by atoms with Crippen LogP contribution in [0.5, 0.6) is 0 Å². The molecule has 3 aromatic rings. The molecular weight excluding hydrogens is 331 g/mol. The summed E-state index contributed by atoms with van der Waals surface area (Å²) in [4.78, 5) is 4.47. The molecule has 5 heteroatoms. The molecule has 1 aromatic heterocycles. The van der Waals surface area contributed by atoms with Crippen molar-refractivity contribution in [1.82, 2.24) is 9.55 Å². The quantitative estimate of drug-likeness (QED) is 0.621. The average Bonchev–Trinajstić information content (AvgIpc) is 2.76. The highest BCUT2D eigenvalue weighted by molar-refractivity contribution is 9.10. The van der Waals surface area contributed by atoms with Crippen molar-refractivity contribution in [2.45, 2.75) is 5.88 Å². The highest BCUT2D eigenvalue weighted by Gasteiger charge is 2.12. The minimum atomic E-state index is -0.283. The Hall–Kier alpha value is -1.39. The number of imidazole rings is 1. The number of halogens is 3. The summed E-state index contributed by atoms with van der Waals surface area (Å²) in [7, 11) is 0. The molecule has 1 heterocycles. The van der Waals surface area contributed by atoms with E-state index in [2.05, 4.69) is 20.9 Å². The smallest absolute Gasteiger partial charge is 0.129 e. The van der Waals surface area contributed by atoms with Crippen molar-refractivity contribution < 1.29 is 4.39 Å². The molecule has 2 aromatic carbocycles. The van der Waals surface area contributed by atoms with Gasteiger partial charge < -0.3 is 0 Å². The number of hydrogen-bond acceptors (Lipinski definition) is 1. The lowest BCUT2D eigenvalue weighted by Gasteiger charge is -2.07. The molecule has 19 heavy (non-hydrogen) atoms. The van der Waals surface area contributed by atoms with Gasteiger partial charge in [0.25, 0.3) is 0 Å². The van der Waals surface area contributed by atoms with Gasteiger partial charge in [0.1, 0.15) is 11.6 Å². The fourth-order valence-electron chi connectivity index (χ4n) is 2.09. The Morgan fingerprint density at radius 3 is 2.79 bits per heavy atom. The van der Waals surface area contributed by atoms with E-state index >= 15 is 0 Å². The molecule has 0 aliphatic heterocycles. The van der Waals surface area contributed by atoms with E-state index in [1.807, 2.05) is 28.8 Å². The van der Waals surface area contributed by atoms with Gasteiger partial charge in [-0.05, 0) is 36.4 Å². The first kappa shape index (κ1) is 12.6. The molecule has 0 radical (unpaired) electrons. The van der Waals surface area contributed by atoms with Crippen molar-refractivity contribution in [3.05, 3.63) is 58.6 Å². The van der Waals surface area contributed by atoms with Crippen LogP contribution in [0.3, 0.4) is 0 Å². The van der Waals surface area contributed by atoms with Crippen molar-refractivity contribution in [2.24, 2.45) is 0 Å². The molecule has 0 saturated heterocycles. The molecule has 0 fully saturated rings. The van der Waals surface area contributed by atoms with E-state index in [4.69, 9.17) is 11.6 Å². The van der Waals surface area contributed by atoms with Crippen LogP contribution in [0.25, 0.3) is 16.7 Å². The molecule has 0 bridgehead atoms. The summed E-state index contributed by atoms with van der Waals surface area (Å²) in [5.74, 6) is 0.679. The Bertz CT molecular complexity index is 754. The second kappa shape index (κ2) is 4.94. The number of hydrogen-bond donors (Lipinski definition) is 0. The van der Waals surface area contributed by atoms with Gasteiger partial charge in [-0.3, -0.25) is 4.57 Å². The molecule has 0 saturated carbocycles. The number of nitrogens with zero attached hydrogens (tertiary/aromatic N) is 2. The molecule has 0 N–H and O–H groups in total. The van der Waals surface area contributed by atoms with Gasteiger partial charge in [-0.2, -0.15) is 0 Å². The maximum absolute atomic E-state index is 13.4. The monoisotopic (exact) mass is 338 g/mol. The van der Waals surface area contributed by atoms with Crippen LogP contribution in [0.1, 0.15) is 5.82 Å². The first-order valence-corrected chi connectivity index (χ1v) is 7.00. The standard InChI is InChI=1S/C14H9BrClFN2/c15-9-4-5-12-13(6-9)19(14(8-16)18-12)11-3-1-2-10(17)7-11/h1-7H,8H2. The fraction of sp³-hybridized carbons (Fsp3) is 0.0714. The van der Waals surface area contributed by atoms with Crippen molar-refractivity contribution >= 4 is 38.6 Å². The van der Waals surface area contributed by atoms with Crippen LogP contribution in [0.4, 0.5) is 4.39 Å². The lowest BCUT2D eigenvalue weighted by Crippen LogP contribution is -1.99. The van der Waals surface area contributed by atoms with E-state index in [1.54, 1.807) is 6.07 Å². The molecule has 0 unspecified atom stereocenters. The summed E-state index contributed by atoms with van der Waals surface area (Å²) in [5, 5.41) is 0. The third kappa shape index (κ3) is 2.26. The molecule has 96 valence electrons. The number of rotatable bonds is 2. The number of alkyl halides is 1. The molecule has 2 nitrogen and oxygen atoms in total. The zero-order valence-electron chi connectivity index (χ0n) is 9.78. The van der Waals surface area contributed by atoms with Crippen molar-refractivity contribution in [1.29, 1.82) is 0 Å². The van der Waals surface area contributed by atoms with E-state index in [9.17, 15) is 4.39 Å². The maximum atomic E-state index is 13.4. The van der Waals surface area contributed by atoms with E-state index < -0.39 is 0 Å². The Morgan fingerprint density at radius 2 is 2.05 bits per heavy atom. The van der Waals surface area contributed by atoms with Gasteiger partial charge in [-0.25, -0.2) is 9.37 Å². The van der Waals surface area contributed by atoms with Crippen molar-refractivity contribution in [2.75, 3.05) is 0 Å². The zero-order chi connectivity index (χ0) is 13.4. The van der Waals surface area contributed by atoms with Crippen molar-refractivity contribution in [3.63, 3.8) is 0 Å². The second-order valence-electron chi connectivity index (χ2n) is 4.11. The van der Waals surface area contributed by atoms with Gasteiger partial charge >= 0.3 is 0 Å². The first-order valence-electron chi connectivity index (χ1n) is 5.68. The van der Waals surface area contributed by atoms with Crippen molar-refractivity contribution in [3.8, 4) is 5.69 Å². The lowest BCUT2D eigenvalue weighted by atomic mass is 10.2. The number of fused-ring (bicyclic) bond motifs is 1. The first-order chi connectivity index (χ1) is 9.19.